The average Bonchev–Trinajstić information content (AvgIpc) is 2.92. The molecule has 0 unspecified atom stereocenters. The zero-order valence-electron chi connectivity index (χ0n) is 20.2. The molecule has 0 radical (unpaired) electrons. The van der Waals surface area contributed by atoms with Crippen molar-refractivity contribution in [2.45, 2.75) is 19.8 Å². The number of piperazine rings is 1. The second kappa shape index (κ2) is 12.0. The van der Waals surface area contributed by atoms with Gasteiger partial charge in [0.05, 0.1) is 12.0 Å². The van der Waals surface area contributed by atoms with Crippen LogP contribution in [0.4, 0.5) is 10.5 Å². The smallest absolute Gasteiger partial charge is 0.410 e. The molecule has 1 amide bonds. The van der Waals surface area contributed by atoms with E-state index in [0.717, 1.165) is 30.8 Å². The molecule has 0 bridgehead atoms. The van der Waals surface area contributed by atoms with E-state index in [2.05, 4.69) is 4.90 Å². The van der Waals surface area contributed by atoms with E-state index >= 15 is 0 Å². The van der Waals surface area contributed by atoms with E-state index in [1.54, 1.807) is 24.1 Å². The Morgan fingerprint density at radius 2 is 1.53 bits per heavy atom. The maximum atomic E-state index is 12.5. The number of hydrogen-bond acceptors (Lipinski definition) is 7. The van der Waals surface area contributed by atoms with Crippen LogP contribution in [0.2, 0.25) is 0 Å². The molecule has 9 heteroatoms. The minimum Gasteiger partial charge on any atom is -0.493 e. The highest BCUT2D eigenvalue weighted by Crippen LogP contribution is 2.29. The van der Waals surface area contributed by atoms with E-state index in [9.17, 15) is 14.9 Å². The molecule has 1 aliphatic rings. The predicted molar refractivity (Wildman–Crippen MR) is 134 cm³/mol. The lowest BCUT2D eigenvalue weighted by Gasteiger charge is -2.34. The van der Waals surface area contributed by atoms with Crippen molar-refractivity contribution >= 4 is 11.8 Å². The van der Waals surface area contributed by atoms with E-state index < -0.39 is 4.92 Å². The summed E-state index contributed by atoms with van der Waals surface area (Å²) in [6, 6.07) is 21.9. The Morgan fingerprint density at radius 1 is 0.861 bits per heavy atom. The number of carbonyl (C=O) groups excluding carboxylic acids is 1. The van der Waals surface area contributed by atoms with Gasteiger partial charge in [0, 0.05) is 44.9 Å². The number of nitro groups is 1. The molecule has 0 aromatic heterocycles. The molecule has 188 valence electrons. The van der Waals surface area contributed by atoms with Crippen molar-refractivity contribution in [1.82, 2.24) is 9.80 Å². The Morgan fingerprint density at radius 3 is 2.19 bits per heavy atom. The van der Waals surface area contributed by atoms with Crippen LogP contribution in [-0.2, 0) is 24.5 Å². The van der Waals surface area contributed by atoms with Crippen molar-refractivity contribution in [2.24, 2.45) is 0 Å². The fraction of sp³-hybridized carbons (Fsp3) is 0.296. The van der Waals surface area contributed by atoms with E-state index in [1.807, 2.05) is 48.5 Å². The number of ether oxygens (including phenoxy) is 3. The fourth-order valence-electron chi connectivity index (χ4n) is 3.96. The zero-order valence-corrected chi connectivity index (χ0v) is 20.2. The molecule has 0 aliphatic carbocycles. The van der Waals surface area contributed by atoms with Crippen LogP contribution in [0.25, 0.3) is 0 Å². The van der Waals surface area contributed by atoms with Crippen LogP contribution >= 0.6 is 0 Å². The first-order chi connectivity index (χ1) is 17.5. The second-order valence-electron chi connectivity index (χ2n) is 8.50. The maximum Gasteiger partial charge on any atom is 0.410 e. The minimum atomic E-state index is -0.459. The van der Waals surface area contributed by atoms with Crippen LogP contribution in [-0.4, -0.2) is 54.1 Å². The van der Waals surface area contributed by atoms with Crippen LogP contribution in [0.1, 0.15) is 16.7 Å². The number of hydrogen-bond donors (Lipinski definition) is 0. The minimum absolute atomic E-state index is 0.00735. The predicted octanol–water partition coefficient (Wildman–Crippen LogP) is 4.64. The quantitative estimate of drug-likeness (QED) is 0.318. The number of methoxy groups -OCH3 is 1. The van der Waals surface area contributed by atoms with Gasteiger partial charge in [-0.25, -0.2) is 4.79 Å². The Bertz CT molecular complexity index is 1160. The second-order valence-corrected chi connectivity index (χ2v) is 8.50. The molecule has 36 heavy (non-hydrogen) atoms. The molecule has 3 aromatic carbocycles. The molecular weight excluding hydrogens is 462 g/mol. The number of rotatable bonds is 9. The third-order valence-corrected chi connectivity index (χ3v) is 6.01. The molecule has 4 rings (SSSR count). The van der Waals surface area contributed by atoms with Crippen molar-refractivity contribution < 1.29 is 23.9 Å². The lowest BCUT2D eigenvalue weighted by atomic mass is 10.1. The third-order valence-electron chi connectivity index (χ3n) is 6.01. The van der Waals surface area contributed by atoms with Crippen LogP contribution in [0, 0.1) is 10.1 Å². The molecule has 1 aliphatic heterocycles. The average molecular weight is 492 g/mol. The molecule has 0 saturated carbocycles. The summed E-state index contributed by atoms with van der Waals surface area (Å²) in [5.41, 5.74) is 2.90. The Hall–Kier alpha value is -4.11. The summed E-state index contributed by atoms with van der Waals surface area (Å²) >= 11 is 0. The molecule has 0 atom stereocenters. The van der Waals surface area contributed by atoms with Gasteiger partial charge in [0.25, 0.3) is 5.69 Å². The number of amides is 1. The summed E-state index contributed by atoms with van der Waals surface area (Å²) < 4.78 is 16.9. The number of nitro benzene ring substituents is 1. The summed E-state index contributed by atoms with van der Waals surface area (Å²) in [6.07, 6.45) is -0.381. The summed E-state index contributed by atoms with van der Waals surface area (Å²) in [5.74, 6) is 1.39. The lowest BCUT2D eigenvalue weighted by Crippen LogP contribution is -2.48. The van der Waals surface area contributed by atoms with Gasteiger partial charge >= 0.3 is 6.09 Å². The van der Waals surface area contributed by atoms with Crippen LogP contribution in [0.15, 0.2) is 72.8 Å². The number of carbonyl (C=O) groups is 1. The molecule has 1 heterocycles. The molecule has 0 N–H and O–H groups in total. The first-order valence-corrected chi connectivity index (χ1v) is 11.7. The van der Waals surface area contributed by atoms with Crippen molar-refractivity contribution in [3.63, 3.8) is 0 Å². The van der Waals surface area contributed by atoms with Crippen LogP contribution in [0.3, 0.4) is 0 Å². The van der Waals surface area contributed by atoms with Gasteiger partial charge in [-0.2, -0.15) is 0 Å². The monoisotopic (exact) mass is 491 g/mol. The summed E-state index contributed by atoms with van der Waals surface area (Å²) in [6.45, 7) is 3.84. The highest BCUT2D eigenvalue weighted by molar-refractivity contribution is 5.67. The molecule has 1 fully saturated rings. The molecular formula is C27H29N3O6. The van der Waals surface area contributed by atoms with Crippen LogP contribution in [0.5, 0.6) is 11.5 Å². The summed E-state index contributed by atoms with van der Waals surface area (Å²) in [5, 5.41) is 10.8. The lowest BCUT2D eigenvalue weighted by molar-refractivity contribution is -0.384. The molecule has 0 spiro atoms. The van der Waals surface area contributed by atoms with Gasteiger partial charge in [-0.05, 0) is 41.0 Å². The van der Waals surface area contributed by atoms with Crippen molar-refractivity contribution in [3.8, 4) is 11.5 Å². The van der Waals surface area contributed by atoms with Gasteiger partial charge in [0.1, 0.15) is 13.2 Å². The Labute approximate surface area is 209 Å². The highest BCUT2D eigenvalue weighted by atomic mass is 16.6. The van der Waals surface area contributed by atoms with Gasteiger partial charge in [0.15, 0.2) is 11.5 Å². The van der Waals surface area contributed by atoms with Crippen molar-refractivity contribution in [2.75, 3.05) is 33.3 Å². The fourth-order valence-corrected chi connectivity index (χ4v) is 3.96. The van der Waals surface area contributed by atoms with Gasteiger partial charge in [-0.1, -0.05) is 36.4 Å². The molecule has 3 aromatic rings. The van der Waals surface area contributed by atoms with E-state index in [4.69, 9.17) is 14.2 Å². The number of non-ortho nitro benzene ring substituents is 1. The topological polar surface area (TPSA) is 94.4 Å². The Balaban J connectivity index is 1.25. The zero-order chi connectivity index (χ0) is 25.3. The highest BCUT2D eigenvalue weighted by Gasteiger charge is 2.22. The van der Waals surface area contributed by atoms with Gasteiger partial charge in [0.2, 0.25) is 0 Å². The molecule has 1 saturated heterocycles. The van der Waals surface area contributed by atoms with Gasteiger partial charge in [-0.15, -0.1) is 0 Å². The van der Waals surface area contributed by atoms with Crippen molar-refractivity contribution in [3.05, 3.63) is 99.6 Å². The SMILES string of the molecule is COc1ccc(CN2CCN(C(=O)OCc3ccc([N+](=O)[O-])cc3)CC2)cc1OCc1ccccc1. The number of benzene rings is 3. The van der Waals surface area contributed by atoms with Gasteiger partial charge in [-0.3, -0.25) is 15.0 Å². The van der Waals surface area contributed by atoms with E-state index in [0.29, 0.717) is 36.8 Å². The van der Waals surface area contributed by atoms with E-state index in [-0.39, 0.29) is 18.4 Å². The van der Waals surface area contributed by atoms with Crippen LogP contribution < -0.4 is 9.47 Å². The summed E-state index contributed by atoms with van der Waals surface area (Å²) in [4.78, 5) is 26.7. The maximum absolute atomic E-state index is 12.5. The standard InChI is InChI=1S/C27H29N3O6/c1-34-25-12-9-23(17-26(25)35-19-21-5-3-2-4-6-21)18-28-13-15-29(16-14-28)27(31)36-20-22-7-10-24(11-8-22)30(32)33/h2-12,17H,13-16,18-20H2,1H3. The van der Waals surface area contributed by atoms with E-state index in [1.165, 1.54) is 12.1 Å². The summed E-state index contributed by atoms with van der Waals surface area (Å²) in [7, 11) is 1.63. The molecule has 9 nitrogen and oxygen atoms in total. The first-order valence-electron chi connectivity index (χ1n) is 11.7. The number of nitrogens with zero attached hydrogens (tertiary/aromatic N) is 3. The van der Waals surface area contributed by atoms with Gasteiger partial charge < -0.3 is 19.1 Å². The largest absolute Gasteiger partial charge is 0.493 e. The third kappa shape index (κ3) is 6.73. The normalized spacial score (nSPS) is 13.8. The first kappa shape index (κ1) is 25.0. The van der Waals surface area contributed by atoms with Crippen molar-refractivity contribution in [1.29, 1.82) is 0 Å². The Kier molecular flexibility index (Phi) is 8.36.